The number of benzene rings is 2. The van der Waals surface area contributed by atoms with Gasteiger partial charge in [-0.1, -0.05) is 42.8 Å². The van der Waals surface area contributed by atoms with E-state index in [1.807, 2.05) is 53.4 Å². The Bertz CT molecular complexity index is 728. The fourth-order valence-corrected chi connectivity index (χ4v) is 3.37. The van der Waals surface area contributed by atoms with E-state index in [9.17, 15) is 4.79 Å². The van der Waals surface area contributed by atoms with Crippen molar-refractivity contribution in [1.29, 1.82) is 0 Å². The maximum absolute atomic E-state index is 13.1. The molecule has 2 unspecified atom stereocenters. The number of carbonyl (C=O) groups excluding carboxylic acids is 1. The molecule has 0 aromatic heterocycles. The predicted octanol–water partition coefficient (Wildman–Crippen LogP) is 4.88. The number of nitrogens with one attached hydrogen (secondary N) is 1. The second kappa shape index (κ2) is 5.89. The lowest BCUT2D eigenvalue weighted by molar-refractivity contribution is 0.0400. The zero-order valence-electron chi connectivity index (χ0n) is 13.6. The molecule has 2 aromatic rings. The molecule has 0 saturated heterocycles. The van der Waals surface area contributed by atoms with Gasteiger partial charge in [-0.3, -0.25) is 4.79 Å². The number of anilines is 1. The van der Waals surface area contributed by atoms with Crippen LogP contribution in [0.25, 0.3) is 0 Å². The Morgan fingerprint density at radius 1 is 1.17 bits per heavy atom. The van der Waals surface area contributed by atoms with Gasteiger partial charge >= 0.3 is 0 Å². The summed E-state index contributed by atoms with van der Waals surface area (Å²) in [5, 5.41) is 4.26. The van der Waals surface area contributed by atoms with Crippen molar-refractivity contribution in [3.05, 3.63) is 64.7 Å². The standard InChI is InChI=1S/C19H21ClN2O/c1-4-13(2)22-18(23)16-7-5-6-8-17(16)21-19(22,3)14-9-11-15(20)12-10-14/h5-13,21H,4H2,1-3H3. The highest BCUT2D eigenvalue weighted by Gasteiger charge is 2.44. The van der Waals surface area contributed by atoms with Crippen LogP contribution in [0.5, 0.6) is 0 Å². The van der Waals surface area contributed by atoms with Crippen LogP contribution in [-0.4, -0.2) is 16.8 Å². The quantitative estimate of drug-likeness (QED) is 0.871. The molecule has 0 fully saturated rings. The van der Waals surface area contributed by atoms with Gasteiger partial charge in [-0.05, 0) is 50.1 Å². The molecule has 3 rings (SSSR count). The first-order valence-corrected chi connectivity index (χ1v) is 8.32. The van der Waals surface area contributed by atoms with Gasteiger partial charge < -0.3 is 10.2 Å². The average Bonchev–Trinajstić information content (AvgIpc) is 2.55. The van der Waals surface area contributed by atoms with E-state index in [-0.39, 0.29) is 11.9 Å². The zero-order chi connectivity index (χ0) is 16.6. The highest BCUT2D eigenvalue weighted by Crippen LogP contribution is 2.39. The number of para-hydroxylation sites is 1. The lowest BCUT2D eigenvalue weighted by Crippen LogP contribution is -2.58. The second-order valence-electron chi connectivity index (χ2n) is 6.18. The van der Waals surface area contributed by atoms with E-state index in [1.165, 1.54) is 0 Å². The molecule has 1 amide bonds. The minimum atomic E-state index is -0.606. The number of hydrogen-bond donors (Lipinski definition) is 1. The second-order valence-corrected chi connectivity index (χ2v) is 6.62. The lowest BCUT2D eigenvalue weighted by Gasteiger charge is -2.49. The molecule has 23 heavy (non-hydrogen) atoms. The van der Waals surface area contributed by atoms with Crippen LogP contribution >= 0.6 is 11.6 Å². The summed E-state index contributed by atoms with van der Waals surface area (Å²) in [6.07, 6.45) is 0.888. The molecule has 2 aromatic carbocycles. The number of hydrogen-bond acceptors (Lipinski definition) is 2. The van der Waals surface area contributed by atoms with Crippen LogP contribution in [-0.2, 0) is 5.66 Å². The van der Waals surface area contributed by atoms with E-state index in [2.05, 4.69) is 26.1 Å². The summed E-state index contributed by atoms with van der Waals surface area (Å²) in [5.74, 6) is 0.0613. The first-order valence-electron chi connectivity index (χ1n) is 7.94. The Morgan fingerprint density at radius 2 is 1.83 bits per heavy atom. The summed E-state index contributed by atoms with van der Waals surface area (Å²) in [6, 6.07) is 15.5. The van der Waals surface area contributed by atoms with Crippen LogP contribution < -0.4 is 5.32 Å². The molecule has 0 radical (unpaired) electrons. The smallest absolute Gasteiger partial charge is 0.258 e. The molecule has 0 bridgehead atoms. The summed E-state index contributed by atoms with van der Waals surface area (Å²) in [7, 11) is 0. The fraction of sp³-hybridized carbons (Fsp3) is 0.316. The molecule has 1 aliphatic rings. The number of carbonyl (C=O) groups is 1. The van der Waals surface area contributed by atoms with Gasteiger partial charge in [0.25, 0.3) is 5.91 Å². The molecule has 3 nitrogen and oxygen atoms in total. The lowest BCUT2D eigenvalue weighted by atomic mass is 9.91. The number of fused-ring (bicyclic) bond motifs is 1. The van der Waals surface area contributed by atoms with Crippen molar-refractivity contribution in [3.63, 3.8) is 0 Å². The van der Waals surface area contributed by atoms with Gasteiger partial charge in [-0.25, -0.2) is 0 Å². The minimum Gasteiger partial charge on any atom is -0.358 e. The van der Waals surface area contributed by atoms with Crippen LogP contribution in [0, 0.1) is 0 Å². The van der Waals surface area contributed by atoms with E-state index in [4.69, 9.17) is 11.6 Å². The highest BCUT2D eigenvalue weighted by molar-refractivity contribution is 6.30. The molecular formula is C19H21ClN2O. The molecular weight excluding hydrogens is 308 g/mol. The Balaban J connectivity index is 2.16. The third-order valence-corrected chi connectivity index (χ3v) is 4.93. The van der Waals surface area contributed by atoms with Gasteiger partial charge in [0.2, 0.25) is 0 Å². The predicted molar refractivity (Wildman–Crippen MR) is 94.8 cm³/mol. The Kier molecular flexibility index (Phi) is 4.07. The normalized spacial score (nSPS) is 21.6. The van der Waals surface area contributed by atoms with Crippen molar-refractivity contribution in [1.82, 2.24) is 4.90 Å². The van der Waals surface area contributed by atoms with Crippen LogP contribution in [0.2, 0.25) is 5.02 Å². The first-order chi connectivity index (χ1) is 11.0. The van der Waals surface area contributed by atoms with Crippen LogP contribution in [0.4, 0.5) is 5.69 Å². The maximum atomic E-state index is 13.1. The van der Waals surface area contributed by atoms with Gasteiger partial charge in [0.15, 0.2) is 0 Å². The van der Waals surface area contributed by atoms with Crippen LogP contribution in [0.3, 0.4) is 0 Å². The largest absolute Gasteiger partial charge is 0.358 e. The fourth-order valence-electron chi connectivity index (χ4n) is 3.24. The van der Waals surface area contributed by atoms with Crippen LogP contribution in [0.15, 0.2) is 48.5 Å². The summed E-state index contributed by atoms with van der Waals surface area (Å²) in [5.41, 5.74) is 2.00. The van der Waals surface area contributed by atoms with E-state index >= 15 is 0 Å². The van der Waals surface area contributed by atoms with E-state index < -0.39 is 5.66 Å². The van der Waals surface area contributed by atoms with E-state index in [0.717, 1.165) is 23.2 Å². The van der Waals surface area contributed by atoms with Gasteiger partial charge in [0.1, 0.15) is 5.66 Å². The molecule has 0 saturated carbocycles. The van der Waals surface area contributed by atoms with Crippen molar-refractivity contribution in [2.45, 2.75) is 38.9 Å². The third-order valence-electron chi connectivity index (χ3n) is 4.67. The number of rotatable bonds is 3. The molecule has 1 N–H and O–H groups in total. The molecule has 4 heteroatoms. The average molecular weight is 329 g/mol. The topological polar surface area (TPSA) is 32.3 Å². The zero-order valence-corrected chi connectivity index (χ0v) is 14.4. The summed E-state index contributed by atoms with van der Waals surface area (Å²) in [4.78, 5) is 15.1. The van der Waals surface area contributed by atoms with E-state index in [0.29, 0.717) is 5.02 Å². The Hall–Kier alpha value is -2.00. The monoisotopic (exact) mass is 328 g/mol. The maximum Gasteiger partial charge on any atom is 0.258 e. The van der Waals surface area contributed by atoms with Gasteiger partial charge in [0, 0.05) is 16.8 Å². The number of nitrogens with zero attached hydrogens (tertiary/aromatic N) is 1. The molecule has 0 aliphatic carbocycles. The number of amides is 1. The summed E-state index contributed by atoms with van der Waals surface area (Å²) >= 11 is 6.03. The Morgan fingerprint density at radius 3 is 2.48 bits per heavy atom. The van der Waals surface area contributed by atoms with Gasteiger partial charge in [-0.15, -0.1) is 0 Å². The van der Waals surface area contributed by atoms with Crippen molar-refractivity contribution in [2.75, 3.05) is 5.32 Å². The SMILES string of the molecule is CCC(C)N1C(=O)c2ccccc2NC1(C)c1ccc(Cl)cc1. The van der Waals surface area contributed by atoms with Crippen LogP contribution in [0.1, 0.15) is 43.1 Å². The first kappa shape index (κ1) is 15.9. The Labute approximate surface area is 142 Å². The van der Waals surface area contributed by atoms with Crippen molar-refractivity contribution >= 4 is 23.2 Å². The van der Waals surface area contributed by atoms with Crippen molar-refractivity contribution in [3.8, 4) is 0 Å². The number of halogens is 1. The molecule has 2 atom stereocenters. The third kappa shape index (κ3) is 2.59. The molecule has 0 spiro atoms. The van der Waals surface area contributed by atoms with E-state index in [1.54, 1.807) is 0 Å². The van der Waals surface area contributed by atoms with Crippen molar-refractivity contribution in [2.24, 2.45) is 0 Å². The minimum absolute atomic E-state index is 0.0613. The highest BCUT2D eigenvalue weighted by atomic mass is 35.5. The molecule has 120 valence electrons. The van der Waals surface area contributed by atoms with Gasteiger partial charge in [0.05, 0.1) is 5.56 Å². The summed E-state index contributed by atoms with van der Waals surface area (Å²) < 4.78 is 0. The molecule has 1 aliphatic heterocycles. The van der Waals surface area contributed by atoms with Crippen molar-refractivity contribution < 1.29 is 4.79 Å². The summed E-state index contributed by atoms with van der Waals surface area (Å²) in [6.45, 7) is 6.23. The molecule has 1 heterocycles. The van der Waals surface area contributed by atoms with Gasteiger partial charge in [-0.2, -0.15) is 0 Å².